The van der Waals surface area contributed by atoms with E-state index in [0.717, 1.165) is 32.4 Å². The van der Waals surface area contributed by atoms with Crippen molar-refractivity contribution in [1.82, 2.24) is 14.3 Å². The van der Waals surface area contributed by atoms with Crippen LogP contribution in [0.1, 0.15) is 30.5 Å². The molecule has 8 heteroatoms. The minimum Gasteiger partial charge on any atom is -0.506 e. The number of rotatable bonds is 7. The molecule has 33 heavy (non-hydrogen) atoms. The predicted molar refractivity (Wildman–Crippen MR) is 126 cm³/mol. The molecule has 1 aromatic heterocycles. The van der Waals surface area contributed by atoms with Crippen LogP contribution in [0.3, 0.4) is 0 Å². The van der Waals surface area contributed by atoms with E-state index in [4.69, 9.17) is 4.84 Å². The van der Waals surface area contributed by atoms with Gasteiger partial charge in [-0.3, -0.25) is 0 Å². The summed E-state index contributed by atoms with van der Waals surface area (Å²) >= 11 is 0. The highest BCUT2D eigenvalue weighted by Gasteiger charge is 2.15. The SMILES string of the molecule is CCc1ccc(O)c(-n2[nH]c(=O)n(-c3ccc(C(C)=NOCc4ccccc4)cc3)c2=O)c1. The summed E-state index contributed by atoms with van der Waals surface area (Å²) in [5, 5.41) is 16.9. The molecule has 8 nitrogen and oxygen atoms in total. The maximum absolute atomic E-state index is 13.0. The number of oxime groups is 1. The van der Waals surface area contributed by atoms with Crippen molar-refractivity contribution in [3.8, 4) is 17.1 Å². The molecule has 0 saturated carbocycles. The largest absolute Gasteiger partial charge is 0.506 e. The summed E-state index contributed by atoms with van der Waals surface area (Å²) in [4.78, 5) is 31.0. The van der Waals surface area contributed by atoms with Crippen LogP contribution in [0.15, 0.2) is 87.5 Å². The zero-order valence-electron chi connectivity index (χ0n) is 18.4. The number of benzene rings is 3. The molecular formula is C25H24N4O4. The number of aryl methyl sites for hydroxylation is 1. The van der Waals surface area contributed by atoms with Gasteiger partial charge < -0.3 is 9.94 Å². The van der Waals surface area contributed by atoms with E-state index >= 15 is 0 Å². The van der Waals surface area contributed by atoms with Crippen molar-refractivity contribution < 1.29 is 9.94 Å². The lowest BCUT2D eigenvalue weighted by Gasteiger charge is -2.06. The lowest BCUT2D eigenvalue weighted by Crippen LogP contribution is -2.26. The van der Waals surface area contributed by atoms with Gasteiger partial charge in [0, 0.05) is 0 Å². The zero-order chi connectivity index (χ0) is 23.4. The number of phenolic OH excluding ortho intramolecular Hbond substituents is 1. The summed E-state index contributed by atoms with van der Waals surface area (Å²) in [6.45, 7) is 4.14. The second kappa shape index (κ2) is 9.44. The number of hydrogen-bond acceptors (Lipinski definition) is 5. The Morgan fingerprint density at radius 2 is 1.73 bits per heavy atom. The van der Waals surface area contributed by atoms with E-state index in [1.165, 1.54) is 6.07 Å². The van der Waals surface area contributed by atoms with Crippen LogP contribution < -0.4 is 11.4 Å². The fraction of sp³-hybridized carbons (Fsp3) is 0.160. The van der Waals surface area contributed by atoms with Crippen LogP contribution in [0.2, 0.25) is 0 Å². The molecule has 0 bridgehead atoms. The average molecular weight is 444 g/mol. The van der Waals surface area contributed by atoms with Crippen molar-refractivity contribution in [2.45, 2.75) is 26.9 Å². The van der Waals surface area contributed by atoms with Crippen molar-refractivity contribution in [3.05, 3.63) is 110 Å². The molecule has 3 aromatic carbocycles. The number of phenols is 1. The van der Waals surface area contributed by atoms with Gasteiger partial charge >= 0.3 is 11.4 Å². The van der Waals surface area contributed by atoms with E-state index in [1.54, 1.807) is 36.4 Å². The van der Waals surface area contributed by atoms with Crippen molar-refractivity contribution in [2.75, 3.05) is 0 Å². The Kier molecular flexibility index (Phi) is 6.26. The maximum Gasteiger partial charge on any atom is 0.356 e. The van der Waals surface area contributed by atoms with Crippen LogP contribution in [0.4, 0.5) is 0 Å². The third-order valence-electron chi connectivity index (χ3n) is 5.30. The average Bonchev–Trinajstić information content (AvgIpc) is 3.13. The summed E-state index contributed by atoms with van der Waals surface area (Å²) < 4.78 is 2.06. The van der Waals surface area contributed by atoms with Gasteiger partial charge in [0.1, 0.15) is 18.0 Å². The van der Waals surface area contributed by atoms with Crippen LogP contribution >= 0.6 is 0 Å². The van der Waals surface area contributed by atoms with Gasteiger partial charge in [-0.25, -0.2) is 19.3 Å². The fourth-order valence-electron chi connectivity index (χ4n) is 3.42. The molecule has 0 radical (unpaired) electrons. The molecular weight excluding hydrogens is 420 g/mol. The first kappa shape index (κ1) is 21.9. The lowest BCUT2D eigenvalue weighted by atomic mass is 10.1. The van der Waals surface area contributed by atoms with Gasteiger partial charge in [-0.05, 0) is 54.3 Å². The van der Waals surface area contributed by atoms with E-state index in [1.807, 2.05) is 44.2 Å². The monoisotopic (exact) mass is 444 g/mol. The Hall–Kier alpha value is -4.33. The standard InChI is InChI=1S/C25H24N4O4/c1-3-18-9-14-23(30)22(15-18)29-25(32)28(24(31)26-29)21-12-10-20(11-13-21)17(2)27-33-16-19-7-5-4-6-8-19/h4-15,30H,3,16H2,1-2H3,(H,26,31). The third kappa shape index (κ3) is 4.64. The van der Waals surface area contributed by atoms with E-state index < -0.39 is 11.4 Å². The molecule has 0 spiro atoms. The number of aromatic nitrogens is 3. The van der Waals surface area contributed by atoms with Crippen LogP contribution in [-0.4, -0.2) is 25.2 Å². The minimum atomic E-state index is -0.606. The molecule has 0 unspecified atom stereocenters. The van der Waals surface area contributed by atoms with Gasteiger partial charge in [0.2, 0.25) is 0 Å². The van der Waals surface area contributed by atoms with Crippen LogP contribution in [0.25, 0.3) is 11.4 Å². The van der Waals surface area contributed by atoms with Gasteiger partial charge in [-0.2, -0.15) is 4.68 Å². The molecule has 0 saturated heterocycles. The van der Waals surface area contributed by atoms with Gasteiger partial charge in [-0.1, -0.05) is 60.6 Å². The molecule has 0 amide bonds. The Labute approximate surface area is 190 Å². The Balaban J connectivity index is 1.58. The highest BCUT2D eigenvalue weighted by molar-refractivity contribution is 5.98. The van der Waals surface area contributed by atoms with Crippen LogP contribution in [-0.2, 0) is 17.9 Å². The van der Waals surface area contributed by atoms with Crippen molar-refractivity contribution in [1.29, 1.82) is 0 Å². The maximum atomic E-state index is 13.0. The number of H-pyrrole nitrogens is 1. The molecule has 0 aliphatic carbocycles. The van der Waals surface area contributed by atoms with Crippen molar-refractivity contribution >= 4 is 5.71 Å². The summed E-state index contributed by atoms with van der Waals surface area (Å²) in [5.74, 6) is -0.0969. The zero-order valence-corrected chi connectivity index (χ0v) is 18.4. The third-order valence-corrected chi connectivity index (χ3v) is 5.30. The summed E-state index contributed by atoms with van der Waals surface area (Å²) in [7, 11) is 0. The van der Waals surface area contributed by atoms with E-state index in [0.29, 0.717) is 18.0 Å². The second-order valence-electron chi connectivity index (χ2n) is 7.53. The number of hydrogen-bond donors (Lipinski definition) is 2. The van der Waals surface area contributed by atoms with Crippen molar-refractivity contribution in [2.24, 2.45) is 5.16 Å². The molecule has 168 valence electrons. The normalized spacial score (nSPS) is 11.5. The van der Waals surface area contributed by atoms with E-state index in [-0.39, 0.29) is 11.4 Å². The molecule has 0 aliphatic heterocycles. The Morgan fingerprint density at radius 1 is 1.00 bits per heavy atom. The summed E-state index contributed by atoms with van der Waals surface area (Å²) in [6, 6.07) is 21.5. The predicted octanol–water partition coefficient (Wildman–Crippen LogP) is 3.53. The first-order chi connectivity index (χ1) is 16.0. The first-order valence-corrected chi connectivity index (χ1v) is 10.6. The highest BCUT2D eigenvalue weighted by atomic mass is 16.6. The van der Waals surface area contributed by atoms with E-state index in [2.05, 4.69) is 10.3 Å². The molecule has 4 aromatic rings. The molecule has 0 aliphatic rings. The van der Waals surface area contributed by atoms with Crippen LogP contribution in [0.5, 0.6) is 5.75 Å². The quantitative estimate of drug-likeness (QED) is 0.336. The molecule has 1 heterocycles. The van der Waals surface area contributed by atoms with Gasteiger partial charge in [0.05, 0.1) is 11.4 Å². The number of nitrogens with one attached hydrogen (secondary N) is 1. The second-order valence-corrected chi connectivity index (χ2v) is 7.53. The van der Waals surface area contributed by atoms with Gasteiger partial charge in [0.15, 0.2) is 0 Å². The molecule has 4 rings (SSSR count). The van der Waals surface area contributed by atoms with Gasteiger partial charge in [-0.15, -0.1) is 0 Å². The Bertz CT molecular complexity index is 1400. The minimum absolute atomic E-state index is 0.0969. The fourth-order valence-corrected chi connectivity index (χ4v) is 3.42. The molecule has 0 fully saturated rings. The van der Waals surface area contributed by atoms with Gasteiger partial charge in [0.25, 0.3) is 0 Å². The smallest absolute Gasteiger partial charge is 0.356 e. The van der Waals surface area contributed by atoms with Crippen molar-refractivity contribution in [3.63, 3.8) is 0 Å². The summed E-state index contributed by atoms with van der Waals surface area (Å²) in [6.07, 6.45) is 0.727. The number of aromatic hydroxyl groups is 1. The summed E-state index contributed by atoms with van der Waals surface area (Å²) in [5.41, 5.74) is 2.82. The van der Waals surface area contributed by atoms with E-state index in [9.17, 15) is 14.7 Å². The Morgan fingerprint density at radius 3 is 2.42 bits per heavy atom. The van der Waals surface area contributed by atoms with Crippen LogP contribution in [0, 0.1) is 0 Å². The number of nitrogens with zero attached hydrogens (tertiary/aromatic N) is 3. The topological polar surface area (TPSA) is 102 Å². The lowest BCUT2D eigenvalue weighted by molar-refractivity contribution is 0.130. The number of aromatic amines is 1. The first-order valence-electron chi connectivity index (χ1n) is 10.6. The highest BCUT2D eigenvalue weighted by Crippen LogP contribution is 2.21. The molecule has 0 atom stereocenters. The molecule has 2 N–H and O–H groups in total.